The Labute approximate surface area is 115 Å². The van der Waals surface area contributed by atoms with Gasteiger partial charge in [-0.1, -0.05) is 30.3 Å². The van der Waals surface area contributed by atoms with Crippen molar-refractivity contribution < 1.29 is 9.53 Å². The molecule has 0 spiro atoms. The molecule has 0 radical (unpaired) electrons. The van der Waals surface area contributed by atoms with Crippen LogP contribution in [0.5, 0.6) is 0 Å². The van der Waals surface area contributed by atoms with Crippen molar-refractivity contribution in [1.82, 2.24) is 0 Å². The molecule has 0 aliphatic heterocycles. The molecule has 0 unspecified atom stereocenters. The Morgan fingerprint density at radius 2 is 2.11 bits per heavy atom. The first-order chi connectivity index (χ1) is 9.22. The van der Waals surface area contributed by atoms with Crippen LogP contribution >= 0.6 is 11.3 Å². The third-order valence-corrected chi connectivity index (χ3v) is 3.54. The predicted molar refractivity (Wildman–Crippen MR) is 74.1 cm³/mol. The molecule has 1 heterocycles. The van der Waals surface area contributed by atoms with Gasteiger partial charge in [-0.25, -0.2) is 4.79 Å². The van der Waals surface area contributed by atoms with Gasteiger partial charge in [0, 0.05) is 7.05 Å². The molecule has 1 aromatic carbocycles. The fourth-order valence-corrected chi connectivity index (χ4v) is 2.35. The first-order valence-electron chi connectivity index (χ1n) is 5.64. The lowest BCUT2D eigenvalue weighted by atomic mass is 10.2. The molecule has 19 heavy (non-hydrogen) atoms. The summed E-state index contributed by atoms with van der Waals surface area (Å²) in [5.74, 6) is 0. The number of thiophene rings is 1. The van der Waals surface area contributed by atoms with Crippen LogP contribution in [0, 0.1) is 11.3 Å². The maximum atomic E-state index is 11.9. The standard InChI is InChI=1S/C14H12N2O2S/c1-16(13-12(9-15)7-8-19-13)14(17)18-10-11-5-3-2-4-6-11/h2-8H,10H2,1H3. The van der Waals surface area contributed by atoms with Gasteiger partial charge in [-0.15, -0.1) is 11.3 Å². The lowest BCUT2D eigenvalue weighted by Gasteiger charge is -2.15. The van der Waals surface area contributed by atoms with Crippen LogP contribution in [0.4, 0.5) is 9.80 Å². The van der Waals surface area contributed by atoms with E-state index in [-0.39, 0.29) is 6.61 Å². The maximum absolute atomic E-state index is 11.9. The molecule has 0 aliphatic rings. The topological polar surface area (TPSA) is 53.3 Å². The Balaban J connectivity index is 1.99. The number of nitrogens with zero attached hydrogens (tertiary/aromatic N) is 2. The molecule has 1 amide bonds. The number of nitriles is 1. The van der Waals surface area contributed by atoms with Crippen LogP contribution in [0.1, 0.15) is 11.1 Å². The van der Waals surface area contributed by atoms with Gasteiger partial charge >= 0.3 is 6.09 Å². The van der Waals surface area contributed by atoms with Gasteiger partial charge in [-0.3, -0.25) is 4.90 Å². The van der Waals surface area contributed by atoms with Crippen LogP contribution in [-0.2, 0) is 11.3 Å². The van der Waals surface area contributed by atoms with E-state index in [2.05, 4.69) is 0 Å². The zero-order chi connectivity index (χ0) is 13.7. The number of carbonyl (C=O) groups excluding carboxylic acids is 1. The molecule has 5 heteroatoms. The SMILES string of the molecule is CN(C(=O)OCc1ccccc1)c1sccc1C#N. The van der Waals surface area contributed by atoms with Crippen LogP contribution in [0.25, 0.3) is 0 Å². The highest BCUT2D eigenvalue weighted by Gasteiger charge is 2.17. The quantitative estimate of drug-likeness (QED) is 0.860. The van der Waals surface area contributed by atoms with Gasteiger partial charge in [0.25, 0.3) is 0 Å². The van der Waals surface area contributed by atoms with Crippen molar-refractivity contribution in [1.29, 1.82) is 5.26 Å². The normalized spacial score (nSPS) is 9.68. The Kier molecular flexibility index (Phi) is 4.16. The number of carbonyl (C=O) groups is 1. The van der Waals surface area contributed by atoms with Gasteiger partial charge in [0.05, 0.1) is 5.56 Å². The summed E-state index contributed by atoms with van der Waals surface area (Å²) >= 11 is 1.33. The molecule has 96 valence electrons. The van der Waals surface area contributed by atoms with Crippen LogP contribution < -0.4 is 4.90 Å². The van der Waals surface area contributed by atoms with Crippen LogP contribution in [0.15, 0.2) is 41.8 Å². The van der Waals surface area contributed by atoms with E-state index in [1.165, 1.54) is 16.2 Å². The Bertz CT molecular complexity index is 601. The minimum atomic E-state index is -0.470. The highest BCUT2D eigenvalue weighted by atomic mass is 32.1. The predicted octanol–water partition coefficient (Wildman–Crippen LogP) is 3.39. The summed E-state index contributed by atoms with van der Waals surface area (Å²) in [5, 5.41) is 11.3. The van der Waals surface area contributed by atoms with Gasteiger partial charge < -0.3 is 4.74 Å². The van der Waals surface area contributed by atoms with Gasteiger partial charge in [0.2, 0.25) is 0 Å². The first-order valence-corrected chi connectivity index (χ1v) is 6.52. The number of benzene rings is 1. The third-order valence-electron chi connectivity index (χ3n) is 2.55. The summed E-state index contributed by atoms with van der Waals surface area (Å²) < 4.78 is 5.20. The Morgan fingerprint density at radius 1 is 1.37 bits per heavy atom. The lowest BCUT2D eigenvalue weighted by molar-refractivity contribution is 0.148. The van der Waals surface area contributed by atoms with Gasteiger partial charge in [0.1, 0.15) is 17.7 Å². The molecule has 0 saturated carbocycles. The van der Waals surface area contributed by atoms with E-state index >= 15 is 0 Å². The molecule has 1 aromatic heterocycles. The zero-order valence-corrected chi connectivity index (χ0v) is 11.2. The zero-order valence-electron chi connectivity index (χ0n) is 10.4. The molecular weight excluding hydrogens is 260 g/mol. The number of ether oxygens (including phenoxy) is 1. The summed E-state index contributed by atoms with van der Waals surface area (Å²) in [7, 11) is 1.60. The van der Waals surface area contributed by atoms with Crippen molar-refractivity contribution in [3.63, 3.8) is 0 Å². The van der Waals surface area contributed by atoms with Crippen molar-refractivity contribution in [2.24, 2.45) is 0 Å². The molecule has 2 rings (SSSR count). The average Bonchev–Trinajstić information content (AvgIpc) is 2.93. The molecule has 0 atom stereocenters. The number of amides is 1. The van der Waals surface area contributed by atoms with Crippen LogP contribution in [0.2, 0.25) is 0 Å². The van der Waals surface area contributed by atoms with Crippen molar-refractivity contribution in [3.05, 3.63) is 52.9 Å². The second-order valence-corrected chi connectivity index (χ2v) is 4.74. The highest BCUT2D eigenvalue weighted by molar-refractivity contribution is 7.14. The van der Waals surface area contributed by atoms with Crippen LogP contribution in [-0.4, -0.2) is 13.1 Å². The van der Waals surface area contributed by atoms with Crippen molar-refractivity contribution in [2.75, 3.05) is 11.9 Å². The van der Waals surface area contributed by atoms with Crippen molar-refractivity contribution in [3.8, 4) is 6.07 Å². The first kappa shape index (κ1) is 13.1. The van der Waals surface area contributed by atoms with Crippen molar-refractivity contribution in [2.45, 2.75) is 6.61 Å². The monoisotopic (exact) mass is 272 g/mol. The molecule has 0 N–H and O–H groups in total. The number of hydrogen-bond donors (Lipinski definition) is 0. The summed E-state index contributed by atoms with van der Waals surface area (Å²) in [4.78, 5) is 13.2. The summed E-state index contributed by atoms with van der Waals surface area (Å²) in [6.45, 7) is 0.220. The highest BCUT2D eigenvalue weighted by Crippen LogP contribution is 2.26. The minimum Gasteiger partial charge on any atom is -0.444 e. The van der Waals surface area contributed by atoms with E-state index in [9.17, 15) is 4.79 Å². The van der Waals surface area contributed by atoms with Crippen LogP contribution in [0.3, 0.4) is 0 Å². The van der Waals surface area contributed by atoms with Gasteiger partial charge in [0.15, 0.2) is 0 Å². The molecular formula is C14H12N2O2S. The second kappa shape index (κ2) is 6.03. The maximum Gasteiger partial charge on any atom is 0.415 e. The van der Waals surface area contributed by atoms with E-state index in [4.69, 9.17) is 10.00 Å². The van der Waals surface area contributed by atoms with E-state index in [1.54, 1.807) is 18.5 Å². The van der Waals surface area contributed by atoms with E-state index < -0.39 is 6.09 Å². The number of rotatable bonds is 3. The molecule has 0 bridgehead atoms. The smallest absolute Gasteiger partial charge is 0.415 e. The fourth-order valence-electron chi connectivity index (χ4n) is 1.55. The summed E-state index contributed by atoms with van der Waals surface area (Å²) in [6.07, 6.45) is -0.470. The minimum absolute atomic E-state index is 0.220. The van der Waals surface area contributed by atoms with E-state index in [1.807, 2.05) is 36.4 Å². The molecule has 0 saturated heterocycles. The molecule has 4 nitrogen and oxygen atoms in total. The third kappa shape index (κ3) is 3.12. The number of anilines is 1. The molecule has 0 aliphatic carbocycles. The summed E-state index contributed by atoms with van der Waals surface area (Å²) in [5.41, 5.74) is 1.40. The largest absolute Gasteiger partial charge is 0.444 e. The Morgan fingerprint density at radius 3 is 2.79 bits per heavy atom. The number of hydrogen-bond acceptors (Lipinski definition) is 4. The molecule has 0 fully saturated rings. The lowest BCUT2D eigenvalue weighted by Crippen LogP contribution is -2.26. The Hall–Kier alpha value is -2.32. The average molecular weight is 272 g/mol. The van der Waals surface area contributed by atoms with E-state index in [0.717, 1.165) is 5.56 Å². The van der Waals surface area contributed by atoms with Gasteiger partial charge in [-0.05, 0) is 17.0 Å². The molecule has 2 aromatic rings. The van der Waals surface area contributed by atoms with Crippen molar-refractivity contribution >= 4 is 22.4 Å². The fraction of sp³-hybridized carbons (Fsp3) is 0.143. The van der Waals surface area contributed by atoms with Gasteiger partial charge in [-0.2, -0.15) is 5.26 Å². The summed E-state index contributed by atoms with van der Waals surface area (Å²) in [6, 6.07) is 13.2. The second-order valence-electron chi connectivity index (χ2n) is 3.85. The van der Waals surface area contributed by atoms with E-state index in [0.29, 0.717) is 10.6 Å².